The third-order valence-corrected chi connectivity index (χ3v) is 4.96. The van der Waals surface area contributed by atoms with Gasteiger partial charge in [-0.1, -0.05) is 12.1 Å². The van der Waals surface area contributed by atoms with Crippen molar-refractivity contribution < 1.29 is 18.7 Å². The van der Waals surface area contributed by atoms with Crippen LogP contribution in [0.4, 0.5) is 9.18 Å². The maximum atomic E-state index is 13.3. The fourth-order valence-electron chi connectivity index (χ4n) is 3.37. The van der Waals surface area contributed by atoms with Crippen LogP contribution in [0.3, 0.4) is 0 Å². The number of benzene rings is 1. The molecule has 0 unspecified atom stereocenters. The Morgan fingerprint density at radius 2 is 1.85 bits per heavy atom. The molecule has 1 aromatic carbocycles. The van der Waals surface area contributed by atoms with Crippen LogP contribution < -0.4 is 5.32 Å². The van der Waals surface area contributed by atoms with Gasteiger partial charge in [0.1, 0.15) is 11.4 Å². The number of ether oxygens (including phenoxy) is 1. The van der Waals surface area contributed by atoms with Crippen molar-refractivity contribution in [1.29, 1.82) is 0 Å². The number of carbonyl (C=O) groups excluding carboxylic acids is 2. The second kappa shape index (κ2) is 9.94. The molecule has 174 valence electrons. The van der Waals surface area contributed by atoms with E-state index in [0.717, 1.165) is 22.5 Å². The van der Waals surface area contributed by atoms with E-state index in [9.17, 15) is 14.0 Å². The normalized spacial score (nSPS) is 12.3. The van der Waals surface area contributed by atoms with Crippen molar-refractivity contribution in [3.63, 3.8) is 0 Å². The molecule has 2 aromatic heterocycles. The van der Waals surface area contributed by atoms with Gasteiger partial charge in [0.15, 0.2) is 5.78 Å². The monoisotopic (exact) mass is 452 g/mol. The zero-order valence-electron chi connectivity index (χ0n) is 19.6. The molecular formula is C25H29FN4O3. The van der Waals surface area contributed by atoms with Gasteiger partial charge in [0.25, 0.3) is 0 Å². The van der Waals surface area contributed by atoms with Crippen LogP contribution in [0.2, 0.25) is 0 Å². The maximum Gasteiger partial charge on any atom is 0.408 e. The predicted molar refractivity (Wildman–Crippen MR) is 123 cm³/mol. The summed E-state index contributed by atoms with van der Waals surface area (Å²) in [4.78, 5) is 29.8. The molecule has 1 atom stereocenters. The van der Waals surface area contributed by atoms with Gasteiger partial charge < -0.3 is 10.1 Å². The lowest BCUT2D eigenvalue weighted by molar-refractivity contribution is -0.120. The summed E-state index contributed by atoms with van der Waals surface area (Å²) in [6.07, 6.45) is 1.32. The molecule has 0 aliphatic heterocycles. The van der Waals surface area contributed by atoms with E-state index in [4.69, 9.17) is 4.74 Å². The lowest BCUT2D eigenvalue weighted by atomic mass is 9.99. The Labute approximate surface area is 193 Å². The first-order valence-electron chi connectivity index (χ1n) is 10.7. The van der Waals surface area contributed by atoms with Crippen LogP contribution in [0.1, 0.15) is 37.7 Å². The summed E-state index contributed by atoms with van der Waals surface area (Å²) >= 11 is 0. The lowest BCUT2D eigenvalue weighted by Gasteiger charge is -2.23. The Bertz CT molecular complexity index is 1130. The van der Waals surface area contributed by atoms with Gasteiger partial charge in [0.2, 0.25) is 0 Å². The first-order valence-corrected chi connectivity index (χ1v) is 10.7. The molecule has 3 rings (SSSR count). The average Bonchev–Trinajstić information content (AvgIpc) is 3.08. The van der Waals surface area contributed by atoms with Crippen LogP contribution in [0.5, 0.6) is 0 Å². The number of aryl methyl sites for hydroxylation is 2. The van der Waals surface area contributed by atoms with E-state index in [2.05, 4.69) is 15.4 Å². The quantitative estimate of drug-likeness (QED) is 0.581. The molecule has 2 heterocycles. The van der Waals surface area contributed by atoms with Crippen molar-refractivity contribution in [3.05, 3.63) is 71.4 Å². The molecule has 0 saturated heterocycles. The van der Waals surface area contributed by atoms with Crippen molar-refractivity contribution >= 4 is 11.9 Å². The summed E-state index contributed by atoms with van der Waals surface area (Å²) in [5.74, 6) is -0.568. The van der Waals surface area contributed by atoms with Crippen LogP contribution in [-0.2, 0) is 29.4 Å². The minimum atomic E-state index is -0.841. The van der Waals surface area contributed by atoms with E-state index >= 15 is 0 Å². The van der Waals surface area contributed by atoms with E-state index < -0.39 is 17.7 Å². The van der Waals surface area contributed by atoms with Gasteiger partial charge >= 0.3 is 6.09 Å². The molecule has 0 fully saturated rings. The number of rotatable bonds is 7. The van der Waals surface area contributed by atoms with E-state index in [0.29, 0.717) is 5.69 Å². The van der Waals surface area contributed by atoms with Gasteiger partial charge in [0.05, 0.1) is 18.2 Å². The van der Waals surface area contributed by atoms with E-state index in [1.54, 1.807) is 50.8 Å². The number of nitrogens with one attached hydrogen (secondary N) is 1. The second-order valence-electron chi connectivity index (χ2n) is 9.00. The highest BCUT2D eigenvalue weighted by molar-refractivity contribution is 5.89. The van der Waals surface area contributed by atoms with Gasteiger partial charge in [-0.05, 0) is 70.0 Å². The van der Waals surface area contributed by atoms with Crippen molar-refractivity contribution in [2.24, 2.45) is 7.05 Å². The molecule has 0 spiro atoms. The van der Waals surface area contributed by atoms with Gasteiger partial charge in [-0.25, -0.2) is 9.18 Å². The van der Waals surface area contributed by atoms with Gasteiger partial charge in [-0.2, -0.15) is 5.10 Å². The minimum Gasteiger partial charge on any atom is -0.444 e. The number of hydrogen-bond acceptors (Lipinski definition) is 5. The first kappa shape index (κ1) is 24.1. The van der Waals surface area contributed by atoms with Crippen LogP contribution >= 0.6 is 0 Å². The largest absolute Gasteiger partial charge is 0.444 e. The SMILES string of the molecule is Cc1cc(-c2cc(CC(=O)[C@H](Cc3ccc(F)cc3)NC(=O)OC(C)(C)C)n(C)n2)ccn1. The molecule has 0 saturated carbocycles. The molecule has 1 amide bonds. The molecule has 33 heavy (non-hydrogen) atoms. The summed E-state index contributed by atoms with van der Waals surface area (Å²) in [6.45, 7) is 7.16. The van der Waals surface area contributed by atoms with Gasteiger partial charge in [-0.3, -0.25) is 14.5 Å². The van der Waals surface area contributed by atoms with Crippen LogP contribution in [0.15, 0.2) is 48.7 Å². The van der Waals surface area contributed by atoms with Crippen LogP contribution in [-0.4, -0.2) is 38.3 Å². The lowest BCUT2D eigenvalue weighted by Crippen LogP contribution is -2.45. The van der Waals surface area contributed by atoms with Crippen molar-refractivity contribution in [2.45, 2.75) is 52.2 Å². The number of ketones is 1. The number of nitrogens with zero attached hydrogens (tertiary/aromatic N) is 3. The summed E-state index contributed by atoms with van der Waals surface area (Å²) in [5.41, 5.74) is 3.25. The van der Waals surface area contributed by atoms with E-state index in [1.807, 2.05) is 25.1 Å². The molecule has 7 nitrogen and oxygen atoms in total. The Kier molecular flexibility index (Phi) is 7.26. The fourth-order valence-corrected chi connectivity index (χ4v) is 3.37. The highest BCUT2D eigenvalue weighted by Gasteiger charge is 2.26. The second-order valence-corrected chi connectivity index (χ2v) is 9.00. The zero-order chi connectivity index (χ0) is 24.2. The first-order chi connectivity index (χ1) is 15.5. The highest BCUT2D eigenvalue weighted by atomic mass is 19.1. The Hall–Kier alpha value is -3.55. The Balaban J connectivity index is 1.80. The third kappa shape index (κ3) is 6.97. The predicted octanol–water partition coefficient (Wildman–Crippen LogP) is 4.18. The molecule has 0 radical (unpaired) electrons. The van der Waals surface area contributed by atoms with E-state index in [-0.39, 0.29) is 24.4 Å². The van der Waals surface area contributed by atoms with Crippen LogP contribution in [0, 0.1) is 12.7 Å². The summed E-state index contributed by atoms with van der Waals surface area (Å²) in [7, 11) is 1.77. The number of halogens is 1. The number of aromatic nitrogens is 3. The zero-order valence-corrected chi connectivity index (χ0v) is 19.6. The molecule has 0 aliphatic rings. The highest BCUT2D eigenvalue weighted by Crippen LogP contribution is 2.20. The summed E-state index contributed by atoms with van der Waals surface area (Å²) in [6, 6.07) is 10.7. The fraction of sp³-hybridized carbons (Fsp3) is 0.360. The minimum absolute atomic E-state index is 0.0647. The van der Waals surface area contributed by atoms with Crippen molar-refractivity contribution in [3.8, 4) is 11.3 Å². The molecule has 0 bridgehead atoms. The number of Topliss-reactive ketones (excluding diaryl/α,β-unsaturated/α-hetero) is 1. The number of hydrogen-bond donors (Lipinski definition) is 1. The molecule has 8 heteroatoms. The number of carbonyl (C=O) groups is 2. The number of pyridine rings is 1. The molecule has 1 N–H and O–H groups in total. The standard InChI is InChI=1S/C25H29FN4O3/c1-16-12-18(10-11-27-16)21-14-20(30(5)29-21)15-23(31)22(28-24(32)33-25(2,3)4)13-17-6-8-19(26)9-7-17/h6-12,14,22H,13,15H2,1-5H3,(H,28,32)/t22-/m0/s1. The smallest absolute Gasteiger partial charge is 0.408 e. The van der Waals surface area contributed by atoms with Gasteiger partial charge in [-0.15, -0.1) is 0 Å². The van der Waals surface area contributed by atoms with Crippen molar-refractivity contribution in [1.82, 2.24) is 20.1 Å². The summed E-state index contributed by atoms with van der Waals surface area (Å²) in [5, 5.41) is 7.20. The number of alkyl carbamates (subject to hydrolysis) is 1. The Morgan fingerprint density at radius 3 is 2.48 bits per heavy atom. The van der Waals surface area contributed by atoms with Crippen LogP contribution in [0.25, 0.3) is 11.3 Å². The molecular weight excluding hydrogens is 423 g/mol. The number of amides is 1. The molecule has 3 aromatic rings. The van der Waals surface area contributed by atoms with Crippen molar-refractivity contribution in [2.75, 3.05) is 0 Å². The Morgan fingerprint density at radius 1 is 1.15 bits per heavy atom. The van der Waals surface area contributed by atoms with Gasteiger partial charge in [0, 0.05) is 30.2 Å². The average molecular weight is 453 g/mol. The summed E-state index contributed by atoms with van der Waals surface area (Å²) < 4.78 is 20.3. The topological polar surface area (TPSA) is 86.1 Å². The molecule has 0 aliphatic carbocycles. The van der Waals surface area contributed by atoms with E-state index in [1.165, 1.54) is 12.1 Å². The third-order valence-electron chi connectivity index (χ3n) is 4.96. The maximum absolute atomic E-state index is 13.3.